The molecule has 0 aliphatic rings. The van der Waals surface area contributed by atoms with Crippen LogP contribution in [0.2, 0.25) is 0 Å². The van der Waals surface area contributed by atoms with E-state index >= 15 is 0 Å². The number of hydrogen-bond acceptors (Lipinski definition) is 4. The molecule has 0 bridgehead atoms. The van der Waals surface area contributed by atoms with Gasteiger partial charge in [0.2, 0.25) is 5.91 Å². The molecule has 0 fully saturated rings. The monoisotopic (exact) mass is 246 g/mol. The Morgan fingerprint density at radius 1 is 1.35 bits per heavy atom. The number of amides is 1. The summed E-state index contributed by atoms with van der Waals surface area (Å²) < 4.78 is 0. The molecule has 5 heteroatoms. The van der Waals surface area contributed by atoms with E-state index in [0.717, 1.165) is 6.42 Å². The summed E-state index contributed by atoms with van der Waals surface area (Å²) in [4.78, 5) is 11.6. The minimum Gasteiger partial charge on any atom is -0.393 e. The molecule has 0 aliphatic carbocycles. The Kier molecular flexibility index (Phi) is 7.34. The highest BCUT2D eigenvalue weighted by Crippen LogP contribution is 2.00. The average Bonchev–Trinajstić information content (AvgIpc) is 2.25. The van der Waals surface area contributed by atoms with Crippen molar-refractivity contribution < 1.29 is 15.0 Å². The van der Waals surface area contributed by atoms with E-state index in [-0.39, 0.29) is 25.1 Å². The fourth-order valence-electron chi connectivity index (χ4n) is 1.16. The summed E-state index contributed by atoms with van der Waals surface area (Å²) in [7, 11) is 0. The zero-order chi connectivity index (χ0) is 13.5. The van der Waals surface area contributed by atoms with E-state index in [9.17, 15) is 9.90 Å². The van der Waals surface area contributed by atoms with E-state index in [4.69, 9.17) is 5.11 Å². The second kappa shape index (κ2) is 7.63. The second-order valence-electron chi connectivity index (χ2n) is 5.23. The molecule has 0 rings (SSSR count). The topological polar surface area (TPSA) is 81.6 Å². The molecule has 1 amide bonds. The van der Waals surface area contributed by atoms with Gasteiger partial charge in [0, 0.05) is 13.1 Å². The van der Waals surface area contributed by atoms with Crippen molar-refractivity contribution in [3.8, 4) is 0 Å². The lowest BCUT2D eigenvalue weighted by molar-refractivity contribution is -0.123. The van der Waals surface area contributed by atoms with Crippen LogP contribution in [0.3, 0.4) is 0 Å². The lowest BCUT2D eigenvalue weighted by atomic mass is 10.1. The van der Waals surface area contributed by atoms with Crippen molar-refractivity contribution in [3.05, 3.63) is 0 Å². The summed E-state index contributed by atoms with van der Waals surface area (Å²) in [6, 6.07) is -0.375. The normalized spacial score (nSPS) is 16.6. The first-order valence-corrected chi connectivity index (χ1v) is 6.13. The zero-order valence-electron chi connectivity index (χ0n) is 11.3. The van der Waals surface area contributed by atoms with Crippen LogP contribution in [-0.2, 0) is 4.79 Å². The van der Waals surface area contributed by atoms with Gasteiger partial charge in [-0.15, -0.1) is 0 Å². The lowest BCUT2D eigenvalue weighted by Crippen LogP contribution is -2.49. The number of aliphatic hydroxyl groups excluding tert-OH is 1. The highest BCUT2D eigenvalue weighted by molar-refractivity contribution is 5.81. The molecule has 0 heterocycles. The predicted molar refractivity (Wildman–Crippen MR) is 67.6 cm³/mol. The Morgan fingerprint density at radius 2 is 1.94 bits per heavy atom. The van der Waals surface area contributed by atoms with Crippen LogP contribution in [0.15, 0.2) is 0 Å². The average molecular weight is 246 g/mol. The molecule has 0 aromatic rings. The van der Waals surface area contributed by atoms with Gasteiger partial charge in [-0.25, -0.2) is 0 Å². The molecule has 0 aliphatic heterocycles. The summed E-state index contributed by atoms with van der Waals surface area (Å²) in [5, 5.41) is 24.1. The third-order valence-electron chi connectivity index (χ3n) is 2.54. The molecule has 4 N–H and O–H groups in total. The van der Waals surface area contributed by atoms with Gasteiger partial charge in [0.05, 0.1) is 18.2 Å². The Morgan fingerprint density at radius 3 is 2.41 bits per heavy atom. The van der Waals surface area contributed by atoms with Crippen LogP contribution in [0.1, 0.15) is 34.1 Å². The van der Waals surface area contributed by atoms with E-state index < -0.39 is 5.60 Å². The van der Waals surface area contributed by atoms with Gasteiger partial charge in [-0.05, 0) is 26.2 Å². The van der Waals surface area contributed by atoms with Crippen molar-refractivity contribution in [2.75, 3.05) is 19.7 Å². The van der Waals surface area contributed by atoms with Crippen LogP contribution < -0.4 is 10.6 Å². The maximum Gasteiger partial charge on any atom is 0.236 e. The number of hydrogen-bond donors (Lipinski definition) is 4. The largest absolute Gasteiger partial charge is 0.393 e. The van der Waals surface area contributed by atoms with Crippen LogP contribution >= 0.6 is 0 Å². The van der Waals surface area contributed by atoms with E-state index in [1.54, 1.807) is 6.92 Å². The van der Waals surface area contributed by atoms with Gasteiger partial charge in [-0.2, -0.15) is 0 Å². The van der Waals surface area contributed by atoms with Crippen molar-refractivity contribution in [1.29, 1.82) is 0 Å². The molecule has 0 radical (unpaired) electrons. The molecule has 2 atom stereocenters. The SMILES string of the molecule is CC(C)CCNC(=O)C(C)NCC(C)(O)CO. The Bertz CT molecular complexity index is 230. The molecular formula is C12H26N2O3. The van der Waals surface area contributed by atoms with Crippen molar-refractivity contribution >= 4 is 5.91 Å². The smallest absolute Gasteiger partial charge is 0.236 e. The highest BCUT2D eigenvalue weighted by Gasteiger charge is 2.21. The fourth-order valence-corrected chi connectivity index (χ4v) is 1.16. The Labute approximate surface area is 104 Å². The number of rotatable bonds is 8. The number of carbonyl (C=O) groups is 1. The van der Waals surface area contributed by atoms with Crippen LogP contribution in [0.5, 0.6) is 0 Å². The van der Waals surface area contributed by atoms with Crippen LogP contribution in [0.25, 0.3) is 0 Å². The molecule has 0 saturated heterocycles. The van der Waals surface area contributed by atoms with Gasteiger partial charge in [-0.3, -0.25) is 4.79 Å². The van der Waals surface area contributed by atoms with Gasteiger partial charge in [0.1, 0.15) is 0 Å². The first-order valence-electron chi connectivity index (χ1n) is 6.13. The minimum atomic E-state index is -1.19. The third kappa shape index (κ3) is 8.12. The highest BCUT2D eigenvalue weighted by atomic mass is 16.3. The first kappa shape index (κ1) is 16.4. The summed E-state index contributed by atoms with van der Waals surface area (Å²) in [5.41, 5.74) is -1.19. The number of carbonyl (C=O) groups excluding carboxylic acids is 1. The summed E-state index contributed by atoms with van der Waals surface area (Å²) in [5.74, 6) is 0.480. The molecule has 2 unspecified atom stereocenters. The van der Waals surface area contributed by atoms with E-state index in [1.165, 1.54) is 6.92 Å². The molecule has 0 saturated carbocycles. The summed E-state index contributed by atoms with van der Waals surface area (Å²) >= 11 is 0. The maximum absolute atomic E-state index is 11.6. The fraction of sp³-hybridized carbons (Fsp3) is 0.917. The van der Waals surface area contributed by atoms with Gasteiger partial charge in [0.25, 0.3) is 0 Å². The summed E-state index contributed by atoms with van der Waals surface area (Å²) in [6.07, 6.45) is 0.951. The predicted octanol–water partition coefficient (Wildman–Crippen LogP) is -0.130. The van der Waals surface area contributed by atoms with Gasteiger partial charge in [-0.1, -0.05) is 13.8 Å². The molecule has 0 aromatic heterocycles. The van der Waals surface area contributed by atoms with Gasteiger partial charge >= 0.3 is 0 Å². The van der Waals surface area contributed by atoms with E-state index in [2.05, 4.69) is 24.5 Å². The van der Waals surface area contributed by atoms with Gasteiger partial charge in [0.15, 0.2) is 0 Å². The molecule has 0 spiro atoms. The second-order valence-corrected chi connectivity index (χ2v) is 5.23. The molecule has 0 aromatic carbocycles. The minimum absolute atomic E-state index is 0.0839. The van der Waals surface area contributed by atoms with Crippen LogP contribution in [-0.4, -0.2) is 47.5 Å². The van der Waals surface area contributed by atoms with Crippen molar-refractivity contribution in [2.24, 2.45) is 5.92 Å². The summed E-state index contributed by atoms with van der Waals surface area (Å²) in [6.45, 7) is 7.98. The molecule has 102 valence electrons. The first-order chi connectivity index (χ1) is 7.78. The van der Waals surface area contributed by atoms with Crippen LogP contribution in [0.4, 0.5) is 0 Å². The molecule has 5 nitrogen and oxygen atoms in total. The lowest BCUT2D eigenvalue weighted by Gasteiger charge is -2.23. The quantitative estimate of drug-likeness (QED) is 0.481. The van der Waals surface area contributed by atoms with E-state index in [1.807, 2.05) is 0 Å². The maximum atomic E-state index is 11.6. The van der Waals surface area contributed by atoms with Gasteiger partial charge < -0.3 is 20.8 Å². The molecule has 17 heavy (non-hydrogen) atoms. The number of aliphatic hydroxyl groups is 2. The van der Waals surface area contributed by atoms with E-state index in [0.29, 0.717) is 12.5 Å². The van der Waals surface area contributed by atoms with Crippen LogP contribution in [0, 0.1) is 5.92 Å². The van der Waals surface area contributed by atoms with Crippen molar-refractivity contribution in [2.45, 2.75) is 45.8 Å². The third-order valence-corrected chi connectivity index (χ3v) is 2.54. The van der Waals surface area contributed by atoms with Crippen molar-refractivity contribution in [3.63, 3.8) is 0 Å². The Hall–Kier alpha value is -0.650. The van der Waals surface area contributed by atoms with Crippen molar-refractivity contribution in [1.82, 2.24) is 10.6 Å². The number of nitrogens with one attached hydrogen (secondary N) is 2. The zero-order valence-corrected chi connectivity index (χ0v) is 11.3. The molecular weight excluding hydrogens is 220 g/mol. The Balaban J connectivity index is 3.82. The standard InChI is InChI=1S/C12H26N2O3/c1-9(2)5-6-13-11(16)10(3)14-7-12(4,17)8-15/h9-10,14-15,17H,5-8H2,1-4H3,(H,13,16).